The summed E-state index contributed by atoms with van der Waals surface area (Å²) < 4.78 is 5.65. The van der Waals surface area contributed by atoms with Gasteiger partial charge in [-0.15, -0.1) is 0 Å². The molecule has 0 amide bonds. The van der Waals surface area contributed by atoms with E-state index in [9.17, 15) is 0 Å². The number of piperazine rings is 1. The van der Waals surface area contributed by atoms with Gasteiger partial charge >= 0.3 is 0 Å². The molecule has 2 aliphatic rings. The molecule has 1 N–H and O–H groups in total. The number of hydrogen-bond acceptors (Lipinski definition) is 3. The summed E-state index contributed by atoms with van der Waals surface area (Å²) in [5.74, 6) is 0.917. The molecule has 0 aromatic rings. The number of nitrogens with one attached hydrogen (secondary N) is 1. The summed E-state index contributed by atoms with van der Waals surface area (Å²) >= 11 is 0. The van der Waals surface area contributed by atoms with Crippen molar-refractivity contribution in [1.29, 1.82) is 0 Å². The van der Waals surface area contributed by atoms with E-state index in [1.807, 2.05) is 0 Å². The first-order valence-electron chi connectivity index (χ1n) is 8.36. The van der Waals surface area contributed by atoms with Gasteiger partial charge in [0.1, 0.15) is 0 Å². The summed E-state index contributed by atoms with van der Waals surface area (Å²) in [6.07, 6.45) is 8.34. The van der Waals surface area contributed by atoms with Gasteiger partial charge in [-0.05, 0) is 32.1 Å². The highest BCUT2D eigenvalue weighted by Gasteiger charge is 2.30. The van der Waals surface area contributed by atoms with Gasteiger partial charge < -0.3 is 10.1 Å². The monoisotopic (exact) mass is 268 g/mol. The SMILES string of the molecule is CCCOCCN1CC(C2CCCCC2)NCC1C. The summed E-state index contributed by atoms with van der Waals surface area (Å²) in [7, 11) is 0. The van der Waals surface area contributed by atoms with Crippen LogP contribution in [0, 0.1) is 5.92 Å². The normalized spacial score (nSPS) is 30.6. The third kappa shape index (κ3) is 4.73. The number of rotatable bonds is 6. The van der Waals surface area contributed by atoms with E-state index in [4.69, 9.17) is 4.74 Å². The minimum absolute atomic E-state index is 0.657. The van der Waals surface area contributed by atoms with Gasteiger partial charge in [0.2, 0.25) is 0 Å². The average molecular weight is 268 g/mol. The van der Waals surface area contributed by atoms with Crippen molar-refractivity contribution < 1.29 is 4.74 Å². The first-order chi connectivity index (χ1) is 9.31. The average Bonchev–Trinajstić information content (AvgIpc) is 2.46. The molecule has 0 aromatic carbocycles. The van der Waals surface area contributed by atoms with Gasteiger partial charge in [-0.25, -0.2) is 0 Å². The van der Waals surface area contributed by atoms with E-state index in [2.05, 4.69) is 24.1 Å². The van der Waals surface area contributed by atoms with Gasteiger partial charge in [-0.3, -0.25) is 4.90 Å². The predicted octanol–water partition coefficient (Wildman–Crippen LogP) is 2.66. The molecule has 0 bridgehead atoms. The quantitative estimate of drug-likeness (QED) is 0.750. The van der Waals surface area contributed by atoms with E-state index < -0.39 is 0 Å². The smallest absolute Gasteiger partial charge is 0.0593 e. The van der Waals surface area contributed by atoms with Crippen LogP contribution in [0.2, 0.25) is 0 Å². The third-order valence-electron chi connectivity index (χ3n) is 4.82. The molecule has 1 aliphatic heterocycles. The molecule has 1 saturated carbocycles. The van der Waals surface area contributed by atoms with Gasteiger partial charge in [-0.2, -0.15) is 0 Å². The van der Waals surface area contributed by atoms with Crippen molar-refractivity contribution in [3.63, 3.8) is 0 Å². The molecule has 2 unspecified atom stereocenters. The minimum atomic E-state index is 0.657. The van der Waals surface area contributed by atoms with Crippen molar-refractivity contribution in [2.24, 2.45) is 5.92 Å². The Balaban J connectivity index is 1.74. The van der Waals surface area contributed by atoms with Crippen LogP contribution in [0.4, 0.5) is 0 Å². The molecule has 19 heavy (non-hydrogen) atoms. The standard InChI is InChI=1S/C16H32N2O/c1-3-10-19-11-9-18-13-16(17-12-14(18)2)15-7-5-4-6-8-15/h14-17H,3-13H2,1-2H3. The zero-order chi connectivity index (χ0) is 13.5. The van der Waals surface area contributed by atoms with Crippen LogP contribution in [0.1, 0.15) is 52.4 Å². The van der Waals surface area contributed by atoms with E-state index in [0.717, 1.165) is 44.7 Å². The van der Waals surface area contributed by atoms with Crippen molar-refractivity contribution in [3.05, 3.63) is 0 Å². The van der Waals surface area contributed by atoms with Crippen LogP contribution >= 0.6 is 0 Å². The number of hydrogen-bond donors (Lipinski definition) is 1. The highest BCUT2D eigenvalue weighted by Crippen LogP contribution is 2.28. The molecule has 2 rings (SSSR count). The largest absolute Gasteiger partial charge is 0.380 e. The molecule has 3 nitrogen and oxygen atoms in total. The molecule has 1 heterocycles. The summed E-state index contributed by atoms with van der Waals surface area (Å²) in [5, 5.41) is 3.79. The maximum atomic E-state index is 5.65. The van der Waals surface area contributed by atoms with E-state index in [0.29, 0.717) is 6.04 Å². The zero-order valence-electron chi connectivity index (χ0n) is 12.9. The molecule has 112 valence electrons. The van der Waals surface area contributed by atoms with Gasteiger partial charge in [-0.1, -0.05) is 26.2 Å². The van der Waals surface area contributed by atoms with Crippen LogP contribution in [-0.2, 0) is 4.74 Å². The van der Waals surface area contributed by atoms with Crippen LogP contribution in [-0.4, -0.2) is 49.8 Å². The Morgan fingerprint density at radius 3 is 2.68 bits per heavy atom. The highest BCUT2D eigenvalue weighted by molar-refractivity contribution is 4.89. The second-order valence-corrected chi connectivity index (χ2v) is 6.37. The summed E-state index contributed by atoms with van der Waals surface area (Å²) in [5.41, 5.74) is 0. The van der Waals surface area contributed by atoms with Crippen molar-refractivity contribution in [2.45, 2.75) is 64.5 Å². The Kier molecular flexibility index (Phi) is 6.62. The van der Waals surface area contributed by atoms with E-state index in [-0.39, 0.29) is 0 Å². The van der Waals surface area contributed by atoms with Crippen LogP contribution in [0.5, 0.6) is 0 Å². The van der Waals surface area contributed by atoms with E-state index in [1.54, 1.807) is 0 Å². The molecule has 2 fully saturated rings. The fourth-order valence-corrected chi connectivity index (χ4v) is 3.54. The molecular weight excluding hydrogens is 236 g/mol. The molecule has 0 radical (unpaired) electrons. The molecule has 0 spiro atoms. The van der Waals surface area contributed by atoms with Gasteiger partial charge in [0.05, 0.1) is 6.61 Å². The fraction of sp³-hybridized carbons (Fsp3) is 1.00. The zero-order valence-corrected chi connectivity index (χ0v) is 12.9. The summed E-state index contributed by atoms with van der Waals surface area (Å²) in [6, 6.07) is 1.38. The number of ether oxygens (including phenoxy) is 1. The van der Waals surface area contributed by atoms with Crippen LogP contribution < -0.4 is 5.32 Å². The molecule has 2 atom stereocenters. The molecular formula is C16H32N2O. The lowest BCUT2D eigenvalue weighted by Gasteiger charge is -2.42. The van der Waals surface area contributed by atoms with Gasteiger partial charge in [0.25, 0.3) is 0 Å². The van der Waals surface area contributed by atoms with Crippen LogP contribution in [0.25, 0.3) is 0 Å². The lowest BCUT2D eigenvalue weighted by atomic mass is 9.82. The third-order valence-corrected chi connectivity index (χ3v) is 4.82. The maximum Gasteiger partial charge on any atom is 0.0593 e. The van der Waals surface area contributed by atoms with Crippen molar-refractivity contribution >= 4 is 0 Å². The molecule has 1 saturated heterocycles. The predicted molar refractivity (Wildman–Crippen MR) is 80.5 cm³/mol. The van der Waals surface area contributed by atoms with Crippen LogP contribution in [0.3, 0.4) is 0 Å². The minimum Gasteiger partial charge on any atom is -0.380 e. The van der Waals surface area contributed by atoms with Gasteiger partial charge in [0.15, 0.2) is 0 Å². The first kappa shape index (κ1) is 15.3. The lowest BCUT2D eigenvalue weighted by molar-refractivity contribution is 0.0574. The second-order valence-electron chi connectivity index (χ2n) is 6.37. The molecule has 0 aromatic heterocycles. The van der Waals surface area contributed by atoms with Crippen molar-refractivity contribution in [2.75, 3.05) is 32.8 Å². The van der Waals surface area contributed by atoms with Gasteiger partial charge in [0, 0.05) is 38.3 Å². The topological polar surface area (TPSA) is 24.5 Å². The fourth-order valence-electron chi connectivity index (χ4n) is 3.54. The summed E-state index contributed by atoms with van der Waals surface area (Å²) in [6.45, 7) is 9.79. The van der Waals surface area contributed by atoms with Crippen molar-refractivity contribution in [1.82, 2.24) is 10.2 Å². The maximum absolute atomic E-state index is 5.65. The van der Waals surface area contributed by atoms with E-state index >= 15 is 0 Å². The van der Waals surface area contributed by atoms with E-state index in [1.165, 1.54) is 38.6 Å². The molecule has 3 heteroatoms. The number of nitrogens with zero attached hydrogens (tertiary/aromatic N) is 1. The Labute approximate surface area is 119 Å². The first-order valence-corrected chi connectivity index (χ1v) is 8.36. The molecule has 1 aliphatic carbocycles. The highest BCUT2D eigenvalue weighted by atomic mass is 16.5. The Morgan fingerprint density at radius 2 is 1.95 bits per heavy atom. The Bertz CT molecular complexity index is 241. The Hall–Kier alpha value is -0.120. The van der Waals surface area contributed by atoms with Crippen LogP contribution in [0.15, 0.2) is 0 Å². The Morgan fingerprint density at radius 1 is 1.16 bits per heavy atom. The lowest BCUT2D eigenvalue weighted by Crippen LogP contribution is -2.58. The van der Waals surface area contributed by atoms with Crippen molar-refractivity contribution in [3.8, 4) is 0 Å². The second kappa shape index (κ2) is 8.23. The summed E-state index contributed by atoms with van der Waals surface area (Å²) in [4.78, 5) is 2.63.